The molecule has 0 atom stereocenters. The summed E-state index contributed by atoms with van der Waals surface area (Å²) in [7, 11) is 0. The van der Waals surface area contributed by atoms with Gasteiger partial charge < -0.3 is 5.32 Å². The second-order valence-electron chi connectivity index (χ2n) is 3.12. The summed E-state index contributed by atoms with van der Waals surface area (Å²) in [6.07, 6.45) is 0.421. The standard InChI is InChI=1S/C11H12BrNO2/c1-8(14)9-3-2-4-10(7-9)13-11(15)5-6-12/h2-4,7H,5-6H2,1H3,(H,13,15). The molecule has 0 aromatic heterocycles. The highest BCUT2D eigenvalue weighted by Crippen LogP contribution is 2.11. The van der Waals surface area contributed by atoms with Crippen molar-refractivity contribution < 1.29 is 9.59 Å². The molecule has 0 saturated heterocycles. The van der Waals surface area contributed by atoms with Crippen molar-refractivity contribution in [2.45, 2.75) is 13.3 Å². The van der Waals surface area contributed by atoms with E-state index in [0.29, 0.717) is 23.0 Å². The van der Waals surface area contributed by atoms with E-state index in [2.05, 4.69) is 21.2 Å². The van der Waals surface area contributed by atoms with Crippen LogP contribution in [-0.4, -0.2) is 17.0 Å². The SMILES string of the molecule is CC(=O)c1cccc(NC(=O)CCBr)c1. The summed E-state index contributed by atoms with van der Waals surface area (Å²) in [6, 6.07) is 6.91. The third kappa shape index (κ3) is 3.83. The highest BCUT2D eigenvalue weighted by molar-refractivity contribution is 9.09. The molecule has 0 saturated carbocycles. The number of halogens is 1. The molecule has 1 rings (SSSR count). The van der Waals surface area contributed by atoms with Gasteiger partial charge in [-0.15, -0.1) is 0 Å². The van der Waals surface area contributed by atoms with E-state index in [1.165, 1.54) is 6.92 Å². The summed E-state index contributed by atoms with van der Waals surface area (Å²) in [5, 5.41) is 3.35. The number of alkyl halides is 1. The fourth-order valence-electron chi connectivity index (χ4n) is 1.13. The van der Waals surface area contributed by atoms with Gasteiger partial charge in [-0.2, -0.15) is 0 Å². The number of anilines is 1. The summed E-state index contributed by atoms with van der Waals surface area (Å²) in [5.74, 6) is -0.0702. The second kappa shape index (κ2) is 5.66. The summed E-state index contributed by atoms with van der Waals surface area (Å²) >= 11 is 3.19. The molecular weight excluding hydrogens is 258 g/mol. The first-order valence-corrected chi connectivity index (χ1v) is 5.72. The topological polar surface area (TPSA) is 46.2 Å². The smallest absolute Gasteiger partial charge is 0.225 e. The van der Waals surface area contributed by atoms with E-state index < -0.39 is 0 Å². The maximum Gasteiger partial charge on any atom is 0.225 e. The van der Waals surface area contributed by atoms with Gasteiger partial charge in [0.1, 0.15) is 0 Å². The number of rotatable bonds is 4. The molecule has 1 N–H and O–H groups in total. The molecular formula is C11H12BrNO2. The van der Waals surface area contributed by atoms with E-state index in [0.717, 1.165) is 0 Å². The predicted molar refractivity (Wildman–Crippen MR) is 63.5 cm³/mol. The van der Waals surface area contributed by atoms with Crippen molar-refractivity contribution in [1.82, 2.24) is 0 Å². The lowest BCUT2D eigenvalue weighted by atomic mass is 10.1. The van der Waals surface area contributed by atoms with Crippen LogP contribution in [-0.2, 0) is 4.79 Å². The van der Waals surface area contributed by atoms with Crippen LogP contribution in [0.5, 0.6) is 0 Å². The molecule has 80 valence electrons. The van der Waals surface area contributed by atoms with Crippen molar-refractivity contribution >= 4 is 33.3 Å². The van der Waals surface area contributed by atoms with Gasteiger partial charge in [-0.3, -0.25) is 9.59 Å². The maximum atomic E-state index is 11.3. The minimum atomic E-state index is -0.0624. The molecule has 0 heterocycles. The Labute approximate surface area is 97.0 Å². The van der Waals surface area contributed by atoms with Crippen molar-refractivity contribution in [3.8, 4) is 0 Å². The molecule has 15 heavy (non-hydrogen) atoms. The molecule has 0 fully saturated rings. The van der Waals surface area contributed by atoms with E-state index in [4.69, 9.17) is 0 Å². The first-order valence-electron chi connectivity index (χ1n) is 4.60. The third-order valence-electron chi connectivity index (χ3n) is 1.87. The zero-order valence-corrected chi connectivity index (χ0v) is 10.0. The zero-order valence-electron chi connectivity index (χ0n) is 8.42. The number of Topliss-reactive ketones (excluding diaryl/α,β-unsaturated/α-hetero) is 1. The van der Waals surface area contributed by atoms with Crippen LogP contribution < -0.4 is 5.32 Å². The van der Waals surface area contributed by atoms with Crippen molar-refractivity contribution in [2.24, 2.45) is 0 Å². The molecule has 0 spiro atoms. The largest absolute Gasteiger partial charge is 0.326 e. The van der Waals surface area contributed by atoms with Gasteiger partial charge in [-0.05, 0) is 19.1 Å². The monoisotopic (exact) mass is 269 g/mol. The highest BCUT2D eigenvalue weighted by atomic mass is 79.9. The van der Waals surface area contributed by atoms with E-state index in [-0.39, 0.29) is 11.7 Å². The van der Waals surface area contributed by atoms with Gasteiger partial charge in [0.2, 0.25) is 5.91 Å². The molecule has 1 aromatic carbocycles. The van der Waals surface area contributed by atoms with Gasteiger partial charge in [-0.1, -0.05) is 28.1 Å². The number of nitrogens with one attached hydrogen (secondary N) is 1. The lowest BCUT2D eigenvalue weighted by molar-refractivity contribution is -0.115. The molecule has 3 nitrogen and oxygen atoms in total. The molecule has 0 aliphatic heterocycles. The molecule has 1 amide bonds. The summed E-state index contributed by atoms with van der Waals surface area (Å²) in [4.78, 5) is 22.4. The fraction of sp³-hybridized carbons (Fsp3) is 0.273. The average Bonchev–Trinajstić information content (AvgIpc) is 2.18. The van der Waals surface area contributed by atoms with Crippen molar-refractivity contribution in [1.29, 1.82) is 0 Å². The van der Waals surface area contributed by atoms with Gasteiger partial charge in [0.15, 0.2) is 5.78 Å². The highest BCUT2D eigenvalue weighted by Gasteiger charge is 2.03. The van der Waals surface area contributed by atoms with Crippen LogP contribution in [0.1, 0.15) is 23.7 Å². The number of hydrogen-bond acceptors (Lipinski definition) is 2. The van der Waals surface area contributed by atoms with Crippen LogP contribution in [0.4, 0.5) is 5.69 Å². The van der Waals surface area contributed by atoms with Crippen molar-refractivity contribution in [3.05, 3.63) is 29.8 Å². The lowest BCUT2D eigenvalue weighted by Crippen LogP contribution is -2.11. The van der Waals surface area contributed by atoms with Crippen molar-refractivity contribution in [3.63, 3.8) is 0 Å². The normalized spacial score (nSPS) is 9.73. The number of carbonyl (C=O) groups is 2. The zero-order chi connectivity index (χ0) is 11.3. The Morgan fingerprint density at radius 2 is 2.13 bits per heavy atom. The first kappa shape index (κ1) is 11.9. The third-order valence-corrected chi connectivity index (χ3v) is 2.27. The Bertz CT molecular complexity index is 377. The van der Waals surface area contributed by atoms with Crippen LogP contribution in [0, 0.1) is 0 Å². The van der Waals surface area contributed by atoms with Gasteiger partial charge in [-0.25, -0.2) is 0 Å². The Morgan fingerprint density at radius 3 is 2.73 bits per heavy atom. The van der Waals surface area contributed by atoms with E-state index in [1.54, 1.807) is 24.3 Å². The van der Waals surface area contributed by atoms with Crippen LogP contribution in [0.2, 0.25) is 0 Å². The second-order valence-corrected chi connectivity index (χ2v) is 3.92. The molecule has 4 heteroatoms. The van der Waals surface area contributed by atoms with Crippen LogP contribution in [0.25, 0.3) is 0 Å². The van der Waals surface area contributed by atoms with Crippen molar-refractivity contribution in [2.75, 3.05) is 10.6 Å². The quantitative estimate of drug-likeness (QED) is 0.675. The van der Waals surface area contributed by atoms with E-state index >= 15 is 0 Å². The maximum absolute atomic E-state index is 11.3. The average molecular weight is 270 g/mol. The Morgan fingerprint density at radius 1 is 1.40 bits per heavy atom. The minimum absolute atomic E-state index is 0.00779. The first-order chi connectivity index (χ1) is 7.13. The number of hydrogen-bond donors (Lipinski definition) is 1. The van der Waals surface area contributed by atoms with E-state index in [9.17, 15) is 9.59 Å². The Kier molecular flexibility index (Phi) is 4.49. The molecule has 0 aliphatic carbocycles. The van der Waals surface area contributed by atoms with Crippen LogP contribution in [0.3, 0.4) is 0 Å². The number of carbonyl (C=O) groups excluding carboxylic acids is 2. The van der Waals surface area contributed by atoms with Gasteiger partial charge in [0.25, 0.3) is 0 Å². The molecule has 0 unspecified atom stereocenters. The molecule has 1 aromatic rings. The number of amides is 1. The van der Waals surface area contributed by atoms with E-state index in [1.807, 2.05) is 0 Å². The van der Waals surface area contributed by atoms with Crippen LogP contribution >= 0.6 is 15.9 Å². The lowest BCUT2D eigenvalue weighted by Gasteiger charge is -2.04. The van der Waals surface area contributed by atoms with Gasteiger partial charge in [0.05, 0.1) is 0 Å². The Balaban J connectivity index is 2.73. The summed E-state index contributed by atoms with van der Waals surface area (Å²) in [5.41, 5.74) is 1.26. The fourth-order valence-corrected chi connectivity index (χ4v) is 1.49. The summed E-state index contributed by atoms with van der Waals surface area (Å²) < 4.78 is 0. The Hall–Kier alpha value is -1.16. The molecule has 0 radical (unpaired) electrons. The number of benzene rings is 1. The molecule has 0 bridgehead atoms. The summed E-state index contributed by atoms with van der Waals surface area (Å²) in [6.45, 7) is 1.50. The molecule has 0 aliphatic rings. The minimum Gasteiger partial charge on any atom is -0.326 e. The predicted octanol–water partition coefficient (Wildman–Crippen LogP) is 2.61. The van der Waals surface area contributed by atoms with Gasteiger partial charge >= 0.3 is 0 Å². The van der Waals surface area contributed by atoms with Crippen LogP contribution in [0.15, 0.2) is 24.3 Å². The number of ketones is 1. The van der Waals surface area contributed by atoms with Gasteiger partial charge in [0, 0.05) is 23.0 Å².